The molecule has 2 amide bonds. The number of hydrogen-bond acceptors (Lipinski definition) is 4. The van der Waals surface area contributed by atoms with Crippen LogP contribution in [0, 0.1) is 6.92 Å². The average Bonchev–Trinajstić information content (AvgIpc) is 2.79. The van der Waals surface area contributed by atoms with Gasteiger partial charge in [-0.05, 0) is 67.9 Å². The second-order valence-corrected chi connectivity index (χ2v) is 7.93. The molecule has 0 unspecified atom stereocenters. The van der Waals surface area contributed by atoms with E-state index in [2.05, 4.69) is 5.32 Å². The van der Waals surface area contributed by atoms with Gasteiger partial charge in [0.1, 0.15) is 11.5 Å². The first-order valence-electron chi connectivity index (χ1n) is 10.3. The van der Waals surface area contributed by atoms with Crippen molar-refractivity contribution in [2.45, 2.75) is 13.3 Å². The van der Waals surface area contributed by atoms with Crippen molar-refractivity contribution < 1.29 is 19.1 Å². The second kappa shape index (κ2) is 9.75. The molecule has 0 aromatic heterocycles. The van der Waals surface area contributed by atoms with Crippen molar-refractivity contribution in [1.82, 2.24) is 0 Å². The van der Waals surface area contributed by atoms with E-state index >= 15 is 0 Å². The lowest BCUT2D eigenvalue weighted by Crippen LogP contribution is -2.39. The third-order valence-corrected chi connectivity index (χ3v) is 5.30. The van der Waals surface area contributed by atoms with Crippen LogP contribution in [0.15, 0.2) is 66.7 Å². The molecule has 3 aromatic carbocycles. The van der Waals surface area contributed by atoms with Crippen molar-refractivity contribution in [3.8, 4) is 11.5 Å². The topological polar surface area (TPSA) is 67.9 Å². The van der Waals surface area contributed by atoms with E-state index in [1.807, 2.05) is 25.1 Å². The zero-order valence-electron chi connectivity index (χ0n) is 17.6. The highest BCUT2D eigenvalue weighted by atomic mass is 35.5. The van der Waals surface area contributed by atoms with Crippen LogP contribution < -0.4 is 19.7 Å². The minimum Gasteiger partial charge on any atom is -0.494 e. The molecular weight excluding hydrogens is 428 g/mol. The maximum Gasteiger partial charge on any atom is 0.265 e. The van der Waals surface area contributed by atoms with E-state index in [0.717, 1.165) is 11.3 Å². The van der Waals surface area contributed by atoms with Gasteiger partial charge >= 0.3 is 0 Å². The molecule has 1 aliphatic heterocycles. The van der Waals surface area contributed by atoms with Gasteiger partial charge in [-0.25, -0.2) is 0 Å². The van der Waals surface area contributed by atoms with E-state index in [9.17, 15) is 9.59 Å². The number of nitrogens with zero attached hydrogens (tertiary/aromatic N) is 1. The van der Waals surface area contributed by atoms with Crippen LogP contribution in [-0.2, 0) is 4.79 Å². The Morgan fingerprint density at radius 1 is 1.12 bits per heavy atom. The SMILES string of the molecule is Cc1cccc(C(=O)Nc2ccc3c(c2)N(CCCOc2ccc(Cl)cc2)C(=O)CO3)c1. The first-order valence-corrected chi connectivity index (χ1v) is 10.7. The fourth-order valence-corrected chi connectivity index (χ4v) is 3.58. The molecule has 0 saturated heterocycles. The van der Waals surface area contributed by atoms with E-state index < -0.39 is 0 Å². The summed E-state index contributed by atoms with van der Waals surface area (Å²) in [6.07, 6.45) is 0.633. The third kappa shape index (κ3) is 5.21. The number of anilines is 2. The number of carbonyl (C=O) groups is 2. The molecule has 0 spiro atoms. The normalized spacial score (nSPS) is 12.7. The number of benzene rings is 3. The van der Waals surface area contributed by atoms with Crippen LogP contribution in [0.25, 0.3) is 0 Å². The number of amides is 2. The summed E-state index contributed by atoms with van der Waals surface area (Å²) < 4.78 is 11.3. The molecule has 4 rings (SSSR count). The van der Waals surface area contributed by atoms with Crippen molar-refractivity contribution in [3.05, 3.63) is 82.9 Å². The number of carbonyl (C=O) groups excluding carboxylic acids is 2. The van der Waals surface area contributed by atoms with Crippen molar-refractivity contribution in [1.29, 1.82) is 0 Å². The Morgan fingerprint density at radius 3 is 2.72 bits per heavy atom. The van der Waals surface area contributed by atoms with Crippen LogP contribution >= 0.6 is 11.6 Å². The van der Waals surface area contributed by atoms with Gasteiger partial charge in [-0.2, -0.15) is 0 Å². The minimum absolute atomic E-state index is 0.0138. The zero-order valence-corrected chi connectivity index (χ0v) is 18.4. The minimum atomic E-state index is -0.209. The highest BCUT2D eigenvalue weighted by Crippen LogP contribution is 2.35. The van der Waals surface area contributed by atoms with E-state index in [1.165, 1.54) is 0 Å². The Bertz CT molecular complexity index is 1130. The number of nitrogens with one attached hydrogen (secondary N) is 1. The molecule has 7 heteroatoms. The zero-order chi connectivity index (χ0) is 22.5. The lowest BCUT2D eigenvalue weighted by molar-refractivity contribution is -0.121. The molecule has 0 fully saturated rings. The molecule has 0 saturated carbocycles. The summed E-state index contributed by atoms with van der Waals surface area (Å²) in [4.78, 5) is 26.8. The second-order valence-electron chi connectivity index (χ2n) is 7.50. The van der Waals surface area contributed by atoms with Gasteiger partial charge in [0.05, 0.1) is 12.3 Å². The maximum absolute atomic E-state index is 12.6. The maximum atomic E-state index is 12.6. The smallest absolute Gasteiger partial charge is 0.265 e. The fourth-order valence-electron chi connectivity index (χ4n) is 3.46. The molecule has 164 valence electrons. The monoisotopic (exact) mass is 450 g/mol. The number of aryl methyl sites for hydroxylation is 1. The number of halogens is 1. The Labute approximate surface area is 191 Å². The van der Waals surface area contributed by atoms with Gasteiger partial charge in [-0.15, -0.1) is 0 Å². The van der Waals surface area contributed by atoms with Gasteiger partial charge in [-0.3, -0.25) is 9.59 Å². The van der Waals surface area contributed by atoms with Crippen LogP contribution in [0.4, 0.5) is 11.4 Å². The summed E-state index contributed by atoms with van der Waals surface area (Å²) in [5, 5.41) is 3.55. The molecule has 1 aliphatic rings. The summed E-state index contributed by atoms with van der Waals surface area (Å²) in [5.41, 5.74) is 2.81. The van der Waals surface area contributed by atoms with Crippen molar-refractivity contribution in [3.63, 3.8) is 0 Å². The summed E-state index contributed by atoms with van der Waals surface area (Å²) in [7, 11) is 0. The largest absolute Gasteiger partial charge is 0.494 e. The van der Waals surface area contributed by atoms with E-state index in [-0.39, 0.29) is 18.4 Å². The quantitative estimate of drug-likeness (QED) is 0.509. The average molecular weight is 451 g/mol. The molecule has 6 nitrogen and oxygen atoms in total. The predicted molar refractivity (Wildman–Crippen MR) is 125 cm³/mol. The molecule has 0 radical (unpaired) electrons. The van der Waals surface area contributed by atoms with Gasteiger partial charge < -0.3 is 19.7 Å². The van der Waals surface area contributed by atoms with Gasteiger partial charge in [0.15, 0.2) is 6.61 Å². The molecular formula is C25H23ClN2O4. The summed E-state index contributed by atoms with van der Waals surface area (Å²) >= 11 is 5.89. The summed E-state index contributed by atoms with van der Waals surface area (Å²) in [6.45, 7) is 2.84. The number of hydrogen-bond donors (Lipinski definition) is 1. The van der Waals surface area contributed by atoms with Gasteiger partial charge in [-0.1, -0.05) is 29.3 Å². The molecule has 0 bridgehead atoms. The van der Waals surface area contributed by atoms with E-state index in [0.29, 0.717) is 47.3 Å². The Kier molecular flexibility index (Phi) is 6.61. The Balaban J connectivity index is 1.42. The Hall–Kier alpha value is -3.51. The first kappa shape index (κ1) is 21.7. The van der Waals surface area contributed by atoms with Crippen LogP contribution in [0.3, 0.4) is 0 Å². The lowest BCUT2D eigenvalue weighted by atomic mass is 10.1. The number of ether oxygens (including phenoxy) is 2. The van der Waals surface area contributed by atoms with Crippen molar-refractivity contribution in [2.24, 2.45) is 0 Å². The molecule has 1 heterocycles. The van der Waals surface area contributed by atoms with Gasteiger partial charge in [0.2, 0.25) is 0 Å². The highest BCUT2D eigenvalue weighted by Gasteiger charge is 2.25. The van der Waals surface area contributed by atoms with Crippen molar-refractivity contribution >= 4 is 34.8 Å². The highest BCUT2D eigenvalue weighted by molar-refractivity contribution is 6.30. The standard InChI is InChI=1S/C25H23ClN2O4/c1-17-4-2-5-18(14-17)25(30)27-20-8-11-23-22(15-20)28(24(29)16-32-23)12-3-13-31-21-9-6-19(26)7-10-21/h2,4-11,14-15H,3,12-13,16H2,1H3,(H,27,30). The van der Waals surface area contributed by atoms with Crippen LogP contribution in [0.1, 0.15) is 22.3 Å². The number of fused-ring (bicyclic) bond motifs is 1. The fraction of sp³-hybridized carbons (Fsp3) is 0.200. The first-order chi connectivity index (χ1) is 15.5. The predicted octanol–water partition coefficient (Wildman–Crippen LogP) is 5.10. The molecule has 32 heavy (non-hydrogen) atoms. The van der Waals surface area contributed by atoms with Crippen molar-refractivity contribution in [2.75, 3.05) is 30.0 Å². The lowest BCUT2D eigenvalue weighted by Gasteiger charge is -2.30. The summed E-state index contributed by atoms with van der Waals surface area (Å²) in [5.74, 6) is 0.992. The van der Waals surface area contributed by atoms with E-state index in [1.54, 1.807) is 53.4 Å². The molecule has 0 aliphatic carbocycles. The molecule has 3 aromatic rings. The Morgan fingerprint density at radius 2 is 1.94 bits per heavy atom. The van der Waals surface area contributed by atoms with Crippen LogP contribution in [0.5, 0.6) is 11.5 Å². The van der Waals surface area contributed by atoms with Crippen LogP contribution in [-0.4, -0.2) is 31.6 Å². The number of rotatable bonds is 7. The molecule has 0 atom stereocenters. The van der Waals surface area contributed by atoms with Crippen LogP contribution in [0.2, 0.25) is 5.02 Å². The van der Waals surface area contributed by atoms with Gasteiger partial charge in [0.25, 0.3) is 11.8 Å². The third-order valence-electron chi connectivity index (χ3n) is 5.05. The summed E-state index contributed by atoms with van der Waals surface area (Å²) in [6, 6.07) is 19.8. The van der Waals surface area contributed by atoms with E-state index in [4.69, 9.17) is 21.1 Å². The molecule has 1 N–H and O–H groups in total. The van der Waals surface area contributed by atoms with Gasteiger partial charge in [0, 0.05) is 22.8 Å².